The van der Waals surface area contributed by atoms with Crippen LogP contribution in [0.4, 0.5) is 0 Å². The van der Waals surface area contributed by atoms with Crippen molar-refractivity contribution in [3.05, 3.63) is 58.6 Å². The normalized spacial score (nSPS) is 15.3. The second-order valence-corrected chi connectivity index (χ2v) is 7.28. The lowest BCUT2D eigenvalue weighted by Crippen LogP contribution is -2.32. The number of rotatable bonds is 4. The minimum Gasteiger partial charge on any atom is -0.284 e. The van der Waals surface area contributed by atoms with Gasteiger partial charge in [-0.25, -0.2) is 4.68 Å². The van der Waals surface area contributed by atoms with Crippen LogP contribution in [0, 0.1) is 4.77 Å². The molecule has 26 heavy (non-hydrogen) atoms. The van der Waals surface area contributed by atoms with Crippen LogP contribution in [-0.2, 0) is 6.67 Å². The summed E-state index contributed by atoms with van der Waals surface area (Å²) in [7, 11) is 0. The van der Waals surface area contributed by atoms with E-state index in [2.05, 4.69) is 9.88 Å². The van der Waals surface area contributed by atoms with Gasteiger partial charge in [-0.3, -0.25) is 14.5 Å². The zero-order valence-corrected chi connectivity index (χ0v) is 16.0. The highest BCUT2D eigenvalue weighted by Gasteiger charge is 2.17. The first-order valence-corrected chi connectivity index (χ1v) is 9.59. The van der Waals surface area contributed by atoms with Gasteiger partial charge in [0.1, 0.15) is 0 Å². The lowest BCUT2D eigenvalue weighted by atomic mass is 10.1. The molecule has 0 spiro atoms. The number of piperidine rings is 1. The molecule has 1 aliphatic rings. The SMILES string of the molecule is S=c1n(CN2CCCCC2)nc(-c2ccncc2)n1-c1ccc(Cl)cc1. The number of hydrogen-bond donors (Lipinski definition) is 0. The Morgan fingerprint density at radius 2 is 1.65 bits per heavy atom. The van der Waals surface area contributed by atoms with Gasteiger partial charge in [-0.05, 0) is 74.5 Å². The molecule has 0 unspecified atom stereocenters. The van der Waals surface area contributed by atoms with Crippen molar-refractivity contribution in [2.24, 2.45) is 0 Å². The van der Waals surface area contributed by atoms with Gasteiger partial charge >= 0.3 is 0 Å². The summed E-state index contributed by atoms with van der Waals surface area (Å²) in [6.45, 7) is 2.91. The fourth-order valence-electron chi connectivity index (χ4n) is 3.30. The van der Waals surface area contributed by atoms with Crippen molar-refractivity contribution in [3.63, 3.8) is 0 Å². The van der Waals surface area contributed by atoms with Gasteiger partial charge in [0.05, 0.1) is 12.4 Å². The second kappa shape index (κ2) is 7.70. The summed E-state index contributed by atoms with van der Waals surface area (Å²) in [5.74, 6) is 0.816. The highest BCUT2D eigenvalue weighted by molar-refractivity contribution is 7.71. The van der Waals surface area contributed by atoms with Gasteiger partial charge in [-0.2, -0.15) is 0 Å². The Labute approximate surface area is 162 Å². The minimum absolute atomic E-state index is 0.685. The van der Waals surface area contributed by atoms with Crippen LogP contribution < -0.4 is 0 Å². The average molecular weight is 386 g/mol. The van der Waals surface area contributed by atoms with E-state index in [1.165, 1.54) is 19.3 Å². The summed E-state index contributed by atoms with van der Waals surface area (Å²) in [6, 6.07) is 11.6. The molecule has 7 heteroatoms. The first kappa shape index (κ1) is 17.4. The number of hydrogen-bond acceptors (Lipinski definition) is 4. The quantitative estimate of drug-likeness (QED) is 0.617. The van der Waals surface area contributed by atoms with Gasteiger partial charge in [0, 0.05) is 23.0 Å². The average Bonchev–Trinajstić information content (AvgIpc) is 3.00. The Kier molecular flexibility index (Phi) is 5.15. The van der Waals surface area contributed by atoms with E-state index < -0.39 is 0 Å². The Balaban J connectivity index is 1.79. The van der Waals surface area contributed by atoms with E-state index in [9.17, 15) is 0 Å². The van der Waals surface area contributed by atoms with Crippen LogP contribution in [0.2, 0.25) is 5.02 Å². The standard InChI is InChI=1S/C19H20ClN5S/c20-16-4-6-17(7-5-16)25-18(15-8-10-21-11-9-15)22-24(19(25)26)14-23-12-2-1-3-13-23/h4-11H,1-3,12-14H2. The summed E-state index contributed by atoms with van der Waals surface area (Å²) in [5, 5.41) is 5.55. The Morgan fingerprint density at radius 1 is 0.962 bits per heavy atom. The predicted molar refractivity (Wildman–Crippen MR) is 106 cm³/mol. The van der Waals surface area contributed by atoms with E-state index in [0.717, 1.165) is 36.8 Å². The highest BCUT2D eigenvalue weighted by atomic mass is 35.5. The van der Waals surface area contributed by atoms with Gasteiger partial charge in [0.25, 0.3) is 0 Å². The van der Waals surface area contributed by atoms with E-state index >= 15 is 0 Å². The fraction of sp³-hybridized carbons (Fsp3) is 0.316. The van der Waals surface area contributed by atoms with Crippen LogP contribution >= 0.6 is 23.8 Å². The highest BCUT2D eigenvalue weighted by Crippen LogP contribution is 2.24. The van der Waals surface area contributed by atoms with Crippen molar-refractivity contribution in [1.82, 2.24) is 24.2 Å². The van der Waals surface area contributed by atoms with Crippen molar-refractivity contribution in [1.29, 1.82) is 0 Å². The molecule has 1 aliphatic heterocycles. The third-order valence-electron chi connectivity index (χ3n) is 4.65. The fourth-order valence-corrected chi connectivity index (χ4v) is 3.72. The van der Waals surface area contributed by atoms with Gasteiger partial charge < -0.3 is 0 Å². The monoisotopic (exact) mass is 385 g/mol. The van der Waals surface area contributed by atoms with Crippen LogP contribution in [0.15, 0.2) is 48.8 Å². The molecule has 1 saturated heterocycles. The van der Waals surface area contributed by atoms with Crippen LogP contribution in [-0.4, -0.2) is 37.3 Å². The third-order valence-corrected chi connectivity index (χ3v) is 5.29. The molecule has 5 nitrogen and oxygen atoms in total. The summed E-state index contributed by atoms with van der Waals surface area (Å²) >= 11 is 11.8. The molecule has 0 amide bonds. The van der Waals surface area contributed by atoms with Crippen LogP contribution in [0.1, 0.15) is 19.3 Å². The molecule has 3 heterocycles. The van der Waals surface area contributed by atoms with Crippen LogP contribution in [0.5, 0.6) is 0 Å². The van der Waals surface area contributed by atoms with Gasteiger partial charge in [0.2, 0.25) is 4.77 Å². The summed E-state index contributed by atoms with van der Waals surface area (Å²) in [4.78, 5) is 6.52. The summed E-state index contributed by atoms with van der Waals surface area (Å²) in [6.07, 6.45) is 7.33. The molecule has 2 aromatic heterocycles. The molecule has 0 aliphatic carbocycles. The lowest BCUT2D eigenvalue weighted by Gasteiger charge is -2.25. The van der Waals surface area contributed by atoms with Crippen molar-refractivity contribution in [2.45, 2.75) is 25.9 Å². The maximum atomic E-state index is 6.06. The van der Waals surface area contributed by atoms with Crippen LogP contribution in [0.3, 0.4) is 0 Å². The van der Waals surface area contributed by atoms with Crippen molar-refractivity contribution in [2.75, 3.05) is 13.1 Å². The molecular formula is C19H20ClN5S. The molecule has 4 rings (SSSR count). The Hall–Kier alpha value is -2.02. The molecular weight excluding hydrogens is 366 g/mol. The zero-order valence-electron chi connectivity index (χ0n) is 14.4. The molecule has 0 saturated carbocycles. The Morgan fingerprint density at radius 3 is 2.35 bits per heavy atom. The summed E-state index contributed by atoms with van der Waals surface area (Å²) in [5.41, 5.74) is 1.94. The van der Waals surface area contributed by atoms with Crippen molar-refractivity contribution >= 4 is 23.8 Å². The van der Waals surface area contributed by atoms with E-state index in [0.29, 0.717) is 9.79 Å². The maximum absolute atomic E-state index is 6.06. The van der Waals surface area contributed by atoms with Gasteiger partial charge in [-0.15, -0.1) is 5.10 Å². The van der Waals surface area contributed by atoms with Gasteiger partial charge in [0.15, 0.2) is 5.82 Å². The van der Waals surface area contributed by atoms with E-state index in [1.807, 2.05) is 45.6 Å². The molecule has 0 bridgehead atoms. The van der Waals surface area contributed by atoms with Crippen molar-refractivity contribution in [3.8, 4) is 17.1 Å². The lowest BCUT2D eigenvalue weighted by molar-refractivity contribution is 0.172. The minimum atomic E-state index is 0.685. The topological polar surface area (TPSA) is 38.9 Å². The maximum Gasteiger partial charge on any atom is 0.204 e. The number of nitrogens with zero attached hydrogens (tertiary/aromatic N) is 5. The molecule has 0 atom stereocenters. The number of pyridine rings is 1. The molecule has 0 N–H and O–H groups in total. The molecule has 1 aromatic carbocycles. The predicted octanol–water partition coefficient (Wildman–Crippen LogP) is 4.56. The van der Waals surface area contributed by atoms with E-state index in [4.69, 9.17) is 28.9 Å². The Bertz CT molecular complexity index is 927. The van der Waals surface area contributed by atoms with Gasteiger partial charge in [-0.1, -0.05) is 18.0 Å². The molecule has 0 radical (unpaired) electrons. The van der Waals surface area contributed by atoms with E-state index in [-0.39, 0.29) is 0 Å². The third kappa shape index (κ3) is 3.58. The summed E-state index contributed by atoms with van der Waals surface area (Å²) < 4.78 is 4.61. The molecule has 1 fully saturated rings. The van der Waals surface area contributed by atoms with Crippen LogP contribution in [0.25, 0.3) is 17.1 Å². The van der Waals surface area contributed by atoms with Crippen molar-refractivity contribution < 1.29 is 0 Å². The first-order valence-electron chi connectivity index (χ1n) is 8.81. The molecule has 3 aromatic rings. The number of aromatic nitrogens is 4. The number of benzene rings is 1. The van der Waals surface area contributed by atoms with E-state index in [1.54, 1.807) is 12.4 Å². The number of likely N-dealkylation sites (tertiary alicyclic amines) is 1. The first-order chi connectivity index (χ1) is 12.7. The zero-order chi connectivity index (χ0) is 17.9. The smallest absolute Gasteiger partial charge is 0.204 e. The largest absolute Gasteiger partial charge is 0.284 e. The molecule has 134 valence electrons. The second-order valence-electron chi connectivity index (χ2n) is 6.47. The number of halogens is 1.